The lowest BCUT2D eigenvalue weighted by molar-refractivity contribution is -0.905. The van der Waals surface area contributed by atoms with E-state index in [1.54, 1.807) is 36.4 Å². The van der Waals surface area contributed by atoms with Crippen LogP contribution in [-0.4, -0.2) is 125 Å². The summed E-state index contributed by atoms with van der Waals surface area (Å²) in [6.07, 6.45) is 0. The Balaban J connectivity index is 0.000000333. The molecule has 0 aliphatic heterocycles. The van der Waals surface area contributed by atoms with Crippen molar-refractivity contribution in [1.82, 2.24) is 0 Å². The molecule has 6 rings (SSSR count). The molecule has 11 N–H and O–H groups in total. The normalized spacial score (nSPS) is 12.6. The van der Waals surface area contributed by atoms with Crippen LogP contribution in [0.2, 0.25) is 0 Å². The van der Waals surface area contributed by atoms with Crippen LogP contribution in [0.3, 0.4) is 0 Å². The molecule has 4 aromatic carbocycles. The molecule has 4 aromatic rings. The zero-order valence-corrected chi connectivity index (χ0v) is 34.7. The van der Waals surface area contributed by atoms with Crippen molar-refractivity contribution in [3.05, 3.63) is 135 Å². The van der Waals surface area contributed by atoms with Crippen LogP contribution in [0, 0.1) is 17.5 Å². The first-order valence-corrected chi connectivity index (χ1v) is 18.8. The largest absolute Gasteiger partial charge is 1.00 e. The molecular weight excluding hydrogens is 808 g/mol. The Morgan fingerprint density at radius 2 is 0.712 bits per heavy atom. The van der Waals surface area contributed by atoms with E-state index in [-0.39, 0.29) is 58.4 Å². The second kappa shape index (κ2) is 22.7. The molecular formula is C42H53Cl2F3N8O4. The monoisotopic (exact) mass is 860 g/mol. The Labute approximate surface area is 355 Å². The van der Waals surface area contributed by atoms with E-state index in [4.69, 9.17) is 28.7 Å². The van der Waals surface area contributed by atoms with Gasteiger partial charge >= 0.3 is 0 Å². The van der Waals surface area contributed by atoms with Gasteiger partial charge in [0.05, 0.1) is 82.2 Å². The highest BCUT2D eigenvalue weighted by molar-refractivity contribution is 6.30. The van der Waals surface area contributed by atoms with Crippen molar-refractivity contribution in [1.29, 1.82) is 0 Å². The van der Waals surface area contributed by atoms with Crippen molar-refractivity contribution in [2.45, 2.75) is 0 Å². The van der Waals surface area contributed by atoms with Crippen LogP contribution in [-0.2, 0) is 0 Å². The fraction of sp³-hybridized carbons (Fsp3) is 0.333. The molecule has 0 unspecified atom stereocenters. The van der Waals surface area contributed by atoms with E-state index in [0.29, 0.717) is 55.0 Å². The third-order valence-corrected chi connectivity index (χ3v) is 10.3. The molecule has 59 heavy (non-hydrogen) atoms. The summed E-state index contributed by atoms with van der Waals surface area (Å²) in [7, 11) is 4.22. The molecule has 0 saturated carbocycles. The van der Waals surface area contributed by atoms with Crippen LogP contribution in [0.15, 0.2) is 72.8 Å². The molecule has 17 heteroatoms. The third kappa shape index (κ3) is 11.6. The maximum atomic E-state index is 14.4. The number of rotatable bonds is 14. The van der Waals surface area contributed by atoms with Crippen LogP contribution in [0.4, 0.5) is 18.9 Å². The molecule has 0 aromatic heterocycles. The molecule has 320 valence electrons. The first kappa shape index (κ1) is 50.6. The van der Waals surface area contributed by atoms with Crippen molar-refractivity contribution < 1.29 is 66.1 Å². The summed E-state index contributed by atoms with van der Waals surface area (Å²) in [6, 6.07) is 17.0. The topological polar surface area (TPSA) is 210 Å². The fourth-order valence-corrected chi connectivity index (χ4v) is 7.16. The number of likely N-dealkylation sites (N-methyl/N-ethyl adjacent to an activating group) is 2. The maximum Gasteiger partial charge on any atom is 0.197 e. The van der Waals surface area contributed by atoms with Crippen molar-refractivity contribution in [3.8, 4) is 0 Å². The Morgan fingerprint density at radius 3 is 1.03 bits per heavy atom. The molecule has 0 fully saturated rings. The van der Waals surface area contributed by atoms with Gasteiger partial charge in [-0.3, -0.25) is 19.2 Å². The number of hydrogen-bond acceptors (Lipinski definition) is 10. The highest BCUT2D eigenvalue weighted by atomic mass is 35.5. The first-order chi connectivity index (χ1) is 27.2. The van der Waals surface area contributed by atoms with Gasteiger partial charge in [-0.05, 0) is 24.3 Å². The molecule has 12 nitrogen and oxygen atoms in total. The lowest BCUT2D eigenvalue weighted by atomic mass is 9.83. The minimum Gasteiger partial charge on any atom is -1.00 e. The van der Waals surface area contributed by atoms with E-state index in [9.17, 15) is 32.3 Å². The van der Waals surface area contributed by atoms with Gasteiger partial charge in [-0.15, -0.1) is 0 Å². The standard InChI is InChI=1S/C21H25FN4O2.C14H6F2O2.C7H21N4.2ClH/c1-26(11-8-23,12-9-24)13-10-25-17-7-6-16(22)18-19(17)21(28)15-5-3-2-4-14(15)20(18)27;15-9-5-6-10(16)12-11(9)13(17)7-3-1-2-4-8(7)14(12)18;1-11(5-2-8,6-3-9)7-4-10;;/h2-7H,8-13,23-24H2,1H3;1-6H;2-10H2,1H3;2*1H/q;;+1;;/p-1. The van der Waals surface area contributed by atoms with Gasteiger partial charge in [0.25, 0.3) is 0 Å². The summed E-state index contributed by atoms with van der Waals surface area (Å²) in [5, 5.41) is 3.22. The van der Waals surface area contributed by atoms with Gasteiger partial charge in [0.1, 0.15) is 17.5 Å². The molecule has 0 bridgehead atoms. The molecule has 0 saturated heterocycles. The van der Waals surface area contributed by atoms with E-state index in [2.05, 4.69) is 19.4 Å². The number of nitrogens with zero attached hydrogens (tertiary/aromatic N) is 2. The zero-order chi connectivity index (χ0) is 41.9. The third-order valence-electron chi connectivity index (χ3n) is 10.3. The SMILES string of the molecule is C[N+](CCN)(CCN)CCN.C[N+](CCN)(CCN)CCNc1ccc(F)c2c1C(=O)c1ccccc1C2=O.O=C1c2ccccc2C(=O)c2c(F)ccc(F)c21.[Cl-].[Cl-]. The average Bonchev–Trinajstić information content (AvgIpc) is 3.18. The molecule has 0 heterocycles. The lowest BCUT2D eigenvalue weighted by Crippen LogP contribution is -3.00. The van der Waals surface area contributed by atoms with Gasteiger partial charge in [-0.1, -0.05) is 48.5 Å². The minimum atomic E-state index is -0.876. The molecule has 2 aliphatic carbocycles. The van der Waals surface area contributed by atoms with E-state index in [0.717, 1.165) is 55.9 Å². The van der Waals surface area contributed by atoms with Gasteiger partial charge in [0, 0.05) is 60.7 Å². The van der Waals surface area contributed by atoms with E-state index < -0.39 is 45.9 Å². The van der Waals surface area contributed by atoms with Crippen molar-refractivity contribution in [3.63, 3.8) is 0 Å². The number of quaternary nitrogens is 2. The molecule has 2 aliphatic rings. The quantitative estimate of drug-likeness (QED) is 0.0594. The van der Waals surface area contributed by atoms with E-state index in [1.165, 1.54) is 24.3 Å². The number of nitrogens with one attached hydrogen (secondary N) is 1. The van der Waals surface area contributed by atoms with Crippen molar-refractivity contribution in [2.75, 3.05) is 97.9 Å². The summed E-state index contributed by atoms with van der Waals surface area (Å²) in [6.45, 7) is 8.95. The second-order valence-corrected chi connectivity index (χ2v) is 14.5. The van der Waals surface area contributed by atoms with Crippen LogP contribution in [0.25, 0.3) is 0 Å². The average molecular weight is 862 g/mol. The highest BCUT2D eigenvalue weighted by Crippen LogP contribution is 2.34. The van der Waals surface area contributed by atoms with Crippen molar-refractivity contribution >= 4 is 28.8 Å². The maximum absolute atomic E-state index is 14.4. The van der Waals surface area contributed by atoms with Crippen LogP contribution in [0.5, 0.6) is 0 Å². The number of anilines is 1. The Bertz CT molecular complexity index is 2040. The van der Waals surface area contributed by atoms with Gasteiger partial charge in [0.15, 0.2) is 23.1 Å². The smallest absolute Gasteiger partial charge is 0.197 e. The predicted octanol–water partition coefficient (Wildman–Crippen LogP) is -3.57. The highest BCUT2D eigenvalue weighted by Gasteiger charge is 2.35. The number of carbonyl (C=O) groups excluding carboxylic acids is 4. The summed E-state index contributed by atoms with van der Waals surface area (Å²) in [5.41, 5.74) is 28.1. The van der Waals surface area contributed by atoms with Gasteiger partial charge in [-0.25, -0.2) is 13.2 Å². The summed E-state index contributed by atoms with van der Waals surface area (Å²) in [4.78, 5) is 49.9. The van der Waals surface area contributed by atoms with Gasteiger partial charge in [0.2, 0.25) is 0 Å². The number of nitrogens with two attached hydrogens (primary N) is 5. The van der Waals surface area contributed by atoms with Crippen LogP contribution in [0.1, 0.15) is 63.7 Å². The minimum absolute atomic E-state index is 0. The first-order valence-electron chi connectivity index (χ1n) is 18.8. The van der Waals surface area contributed by atoms with Gasteiger partial charge in [-0.2, -0.15) is 0 Å². The molecule has 0 spiro atoms. The van der Waals surface area contributed by atoms with Gasteiger partial charge < -0.3 is 67.8 Å². The number of ketones is 4. The summed E-state index contributed by atoms with van der Waals surface area (Å²) in [5.74, 6) is -4.54. The fourth-order valence-electron chi connectivity index (χ4n) is 7.16. The van der Waals surface area contributed by atoms with Crippen LogP contribution >= 0.6 is 0 Å². The molecule has 0 amide bonds. The number of fused-ring (bicyclic) bond motifs is 4. The summed E-state index contributed by atoms with van der Waals surface area (Å²) < 4.78 is 43.3. The zero-order valence-electron chi connectivity index (χ0n) is 33.2. The number of carbonyl (C=O) groups is 4. The second-order valence-electron chi connectivity index (χ2n) is 14.5. The number of benzene rings is 4. The van der Waals surface area contributed by atoms with Crippen molar-refractivity contribution in [2.24, 2.45) is 28.7 Å². The van der Waals surface area contributed by atoms with E-state index in [1.807, 2.05) is 0 Å². The summed E-state index contributed by atoms with van der Waals surface area (Å²) >= 11 is 0. The Hall–Kier alpha value is -4.55. The predicted molar refractivity (Wildman–Crippen MR) is 215 cm³/mol. The Kier molecular flexibility index (Phi) is 19.5. The molecule has 0 radical (unpaired) electrons. The molecule has 0 atom stereocenters. The number of halogens is 5. The Morgan fingerprint density at radius 1 is 0.441 bits per heavy atom. The van der Waals surface area contributed by atoms with Crippen LogP contribution < -0.4 is 58.8 Å². The number of hydrogen-bond donors (Lipinski definition) is 6. The van der Waals surface area contributed by atoms with E-state index >= 15 is 0 Å². The lowest BCUT2D eigenvalue weighted by Gasteiger charge is -2.34.